The number of rotatable bonds is 9. The van der Waals surface area contributed by atoms with E-state index in [1.807, 2.05) is 37.3 Å². The van der Waals surface area contributed by atoms with E-state index in [9.17, 15) is 0 Å². The number of halogens is 1. The first-order valence-electron chi connectivity index (χ1n) is 12.4. The molecule has 4 bridgehead atoms. The van der Waals surface area contributed by atoms with Gasteiger partial charge >= 0.3 is 0 Å². The summed E-state index contributed by atoms with van der Waals surface area (Å²) >= 11 is 5.98. The van der Waals surface area contributed by atoms with Gasteiger partial charge in [-0.3, -0.25) is 0 Å². The number of benzene rings is 2. The summed E-state index contributed by atoms with van der Waals surface area (Å²) in [4.78, 5) is 0. The van der Waals surface area contributed by atoms with Crippen LogP contribution < -0.4 is 14.8 Å². The second-order valence-electron chi connectivity index (χ2n) is 10.5. The lowest BCUT2D eigenvalue weighted by Gasteiger charge is -2.59. The van der Waals surface area contributed by atoms with Gasteiger partial charge in [0.1, 0.15) is 6.61 Å². The molecule has 2 aromatic carbocycles. The second-order valence-corrected chi connectivity index (χ2v) is 10.9. The largest absolute Gasteiger partial charge is 0.490 e. The maximum Gasteiger partial charge on any atom is 0.161 e. The Morgan fingerprint density at radius 2 is 1.53 bits per heavy atom. The van der Waals surface area contributed by atoms with Gasteiger partial charge in [-0.2, -0.15) is 0 Å². The van der Waals surface area contributed by atoms with Crippen molar-refractivity contribution in [1.29, 1.82) is 0 Å². The minimum absolute atomic E-state index is 0.498. The highest BCUT2D eigenvalue weighted by molar-refractivity contribution is 6.30. The molecule has 3 nitrogen and oxygen atoms in total. The standard InChI is InChI=1S/C28H36ClNO2/c1-3-31-27-13-21(6-9-26(27)32-18-20-4-7-25(29)8-5-20)17-30-19(2)28-14-22-10-23(15-28)12-24(11-22)16-28/h4-9,13,19,22-24,30H,3,10-12,14-18H2,1-2H3/t19-,22?,23?,24?,28?/m0/s1. The smallest absolute Gasteiger partial charge is 0.161 e. The Morgan fingerprint density at radius 3 is 2.16 bits per heavy atom. The molecule has 32 heavy (non-hydrogen) atoms. The van der Waals surface area contributed by atoms with E-state index in [0.29, 0.717) is 24.7 Å². The number of nitrogens with one attached hydrogen (secondary N) is 1. The monoisotopic (exact) mass is 453 g/mol. The molecular formula is C28H36ClNO2. The molecule has 4 aliphatic carbocycles. The molecule has 0 radical (unpaired) electrons. The first-order valence-corrected chi connectivity index (χ1v) is 12.8. The molecule has 1 N–H and O–H groups in total. The maximum atomic E-state index is 6.07. The highest BCUT2D eigenvalue weighted by Crippen LogP contribution is 2.61. The van der Waals surface area contributed by atoms with Crippen LogP contribution in [0.25, 0.3) is 0 Å². The minimum Gasteiger partial charge on any atom is -0.490 e. The van der Waals surface area contributed by atoms with Crippen LogP contribution >= 0.6 is 11.6 Å². The molecule has 4 heteroatoms. The summed E-state index contributed by atoms with van der Waals surface area (Å²) in [6.45, 7) is 6.44. The lowest BCUT2D eigenvalue weighted by Crippen LogP contribution is -2.54. The molecule has 0 unspecified atom stereocenters. The van der Waals surface area contributed by atoms with Gasteiger partial charge in [0.15, 0.2) is 11.5 Å². The molecule has 172 valence electrons. The first kappa shape index (κ1) is 22.1. The molecule has 0 amide bonds. The van der Waals surface area contributed by atoms with Crippen LogP contribution in [-0.4, -0.2) is 12.6 Å². The van der Waals surface area contributed by atoms with Crippen molar-refractivity contribution in [2.45, 2.75) is 71.6 Å². The van der Waals surface area contributed by atoms with E-state index < -0.39 is 0 Å². The van der Waals surface area contributed by atoms with Gasteiger partial charge in [0.2, 0.25) is 0 Å². The summed E-state index contributed by atoms with van der Waals surface area (Å²) in [6, 6.07) is 14.7. The number of hydrogen-bond acceptors (Lipinski definition) is 3. The zero-order valence-electron chi connectivity index (χ0n) is 19.4. The highest BCUT2D eigenvalue weighted by Gasteiger charge is 2.52. The van der Waals surface area contributed by atoms with Crippen molar-refractivity contribution in [3.63, 3.8) is 0 Å². The van der Waals surface area contributed by atoms with Gasteiger partial charge < -0.3 is 14.8 Å². The minimum atomic E-state index is 0.498. The van der Waals surface area contributed by atoms with Crippen LogP contribution in [0.4, 0.5) is 0 Å². The Labute approximate surface area is 197 Å². The summed E-state index contributed by atoms with van der Waals surface area (Å²) in [5.74, 6) is 4.59. The van der Waals surface area contributed by atoms with E-state index in [4.69, 9.17) is 21.1 Å². The quantitative estimate of drug-likeness (QED) is 0.442. The van der Waals surface area contributed by atoms with Crippen molar-refractivity contribution in [3.05, 3.63) is 58.6 Å². The fraction of sp³-hybridized carbons (Fsp3) is 0.571. The molecule has 0 aromatic heterocycles. The molecule has 0 heterocycles. The normalized spacial score (nSPS) is 29.2. The maximum absolute atomic E-state index is 6.07. The van der Waals surface area contributed by atoms with Gasteiger partial charge in [-0.15, -0.1) is 0 Å². The lowest BCUT2D eigenvalue weighted by molar-refractivity contribution is -0.0706. The fourth-order valence-corrected chi connectivity index (χ4v) is 7.11. The van der Waals surface area contributed by atoms with Crippen molar-refractivity contribution >= 4 is 11.6 Å². The molecule has 4 fully saturated rings. The van der Waals surface area contributed by atoms with Gasteiger partial charge in [0.05, 0.1) is 6.61 Å². The third kappa shape index (κ3) is 4.65. The van der Waals surface area contributed by atoms with Crippen LogP contribution in [0.15, 0.2) is 42.5 Å². The molecule has 0 spiro atoms. The number of ether oxygens (including phenoxy) is 2. The van der Waals surface area contributed by atoms with E-state index in [1.165, 1.54) is 44.1 Å². The van der Waals surface area contributed by atoms with E-state index in [1.54, 1.807) is 0 Å². The molecule has 1 atom stereocenters. The molecule has 4 aliphatic rings. The molecule has 0 aliphatic heterocycles. The second kappa shape index (κ2) is 9.27. The predicted octanol–water partition coefficient (Wildman–Crippen LogP) is 7.01. The topological polar surface area (TPSA) is 30.5 Å². The summed E-state index contributed by atoms with van der Waals surface area (Å²) in [6.07, 6.45) is 8.82. The fourth-order valence-electron chi connectivity index (χ4n) is 6.99. The Balaban J connectivity index is 1.22. The van der Waals surface area contributed by atoms with Crippen molar-refractivity contribution in [2.75, 3.05) is 6.61 Å². The average molecular weight is 454 g/mol. The van der Waals surface area contributed by atoms with Gasteiger partial charge in [-0.05, 0) is 111 Å². The van der Waals surface area contributed by atoms with Crippen LogP contribution in [0.2, 0.25) is 5.02 Å². The summed E-state index contributed by atoms with van der Waals surface area (Å²) in [5, 5.41) is 4.64. The van der Waals surface area contributed by atoms with E-state index in [0.717, 1.165) is 46.4 Å². The van der Waals surface area contributed by atoms with Gasteiger partial charge in [0.25, 0.3) is 0 Å². The zero-order valence-corrected chi connectivity index (χ0v) is 20.2. The van der Waals surface area contributed by atoms with Crippen LogP contribution in [0.5, 0.6) is 11.5 Å². The number of hydrogen-bond donors (Lipinski definition) is 1. The molecule has 4 saturated carbocycles. The van der Waals surface area contributed by atoms with Crippen LogP contribution in [-0.2, 0) is 13.2 Å². The van der Waals surface area contributed by atoms with Crippen molar-refractivity contribution in [3.8, 4) is 11.5 Å². The van der Waals surface area contributed by atoms with E-state index in [2.05, 4.69) is 24.4 Å². The summed E-state index contributed by atoms with van der Waals surface area (Å²) in [5.41, 5.74) is 2.87. The van der Waals surface area contributed by atoms with Crippen LogP contribution in [0, 0.1) is 23.2 Å². The zero-order chi connectivity index (χ0) is 22.1. The molecular weight excluding hydrogens is 418 g/mol. The Morgan fingerprint density at radius 1 is 0.906 bits per heavy atom. The molecule has 0 saturated heterocycles. The van der Waals surface area contributed by atoms with E-state index >= 15 is 0 Å². The molecule has 6 rings (SSSR count). The Bertz CT molecular complexity index is 890. The molecule has 2 aromatic rings. The predicted molar refractivity (Wildman–Crippen MR) is 130 cm³/mol. The first-order chi connectivity index (χ1) is 15.5. The summed E-state index contributed by atoms with van der Waals surface area (Å²) < 4.78 is 12.0. The van der Waals surface area contributed by atoms with Crippen molar-refractivity contribution in [2.24, 2.45) is 23.2 Å². The highest BCUT2D eigenvalue weighted by atomic mass is 35.5. The summed E-state index contributed by atoms with van der Waals surface area (Å²) in [7, 11) is 0. The lowest BCUT2D eigenvalue weighted by atomic mass is 9.48. The van der Waals surface area contributed by atoms with Crippen molar-refractivity contribution in [1.82, 2.24) is 5.32 Å². The Hall–Kier alpha value is -1.71. The SMILES string of the molecule is CCOc1cc(CN[C@@H](C)C23CC4CC(CC(C4)C2)C3)ccc1OCc1ccc(Cl)cc1. The van der Waals surface area contributed by atoms with Gasteiger partial charge in [-0.1, -0.05) is 29.8 Å². The third-order valence-corrected chi connectivity index (χ3v) is 8.48. The van der Waals surface area contributed by atoms with Crippen molar-refractivity contribution < 1.29 is 9.47 Å². The third-order valence-electron chi connectivity index (χ3n) is 8.23. The van der Waals surface area contributed by atoms with Gasteiger partial charge in [0, 0.05) is 17.6 Å². The Kier molecular flexibility index (Phi) is 6.40. The average Bonchev–Trinajstić information content (AvgIpc) is 2.77. The van der Waals surface area contributed by atoms with Gasteiger partial charge in [-0.25, -0.2) is 0 Å². The van der Waals surface area contributed by atoms with Crippen LogP contribution in [0.1, 0.15) is 63.5 Å². The van der Waals surface area contributed by atoms with Crippen LogP contribution in [0.3, 0.4) is 0 Å². The van der Waals surface area contributed by atoms with E-state index in [-0.39, 0.29) is 0 Å².